The van der Waals surface area contributed by atoms with E-state index < -0.39 is 18.7 Å². The summed E-state index contributed by atoms with van der Waals surface area (Å²) in [6.07, 6.45) is 0. The lowest BCUT2D eigenvalue weighted by Crippen LogP contribution is -2.07. The molecule has 0 amide bonds. The molecule has 20 heavy (non-hydrogen) atoms. The fourth-order valence-corrected chi connectivity index (χ4v) is 2.40. The quantitative estimate of drug-likeness (QED) is 0.433. The molecule has 110 valence electrons. The highest BCUT2D eigenvalue weighted by molar-refractivity contribution is 7.49. The van der Waals surface area contributed by atoms with E-state index in [1.807, 2.05) is 0 Å². The van der Waals surface area contributed by atoms with E-state index in [2.05, 4.69) is 0 Å². The van der Waals surface area contributed by atoms with Crippen LogP contribution in [0.2, 0.25) is 0 Å². The minimum absolute atomic E-state index is 0.00947. The zero-order valence-corrected chi connectivity index (χ0v) is 11.9. The number of hydrogen-bond donors (Lipinski definition) is 0. The normalized spacial score (nSPS) is 11.1. The molecule has 0 spiro atoms. The molecule has 0 saturated carbocycles. The average Bonchev–Trinajstić information content (AvgIpc) is 2.39. The summed E-state index contributed by atoms with van der Waals surface area (Å²) in [5, 5.41) is 10.5. The second kappa shape index (κ2) is 7.14. The lowest BCUT2D eigenvalue weighted by Gasteiger charge is -2.15. The third-order valence-corrected chi connectivity index (χ3v) is 3.62. The zero-order valence-electron chi connectivity index (χ0n) is 11.0. The van der Waals surface area contributed by atoms with Gasteiger partial charge in [-0.1, -0.05) is 0 Å². The molecule has 0 aliphatic carbocycles. The Balaban J connectivity index is 2.83. The molecule has 0 saturated heterocycles. The van der Waals surface area contributed by atoms with Gasteiger partial charge in [0.25, 0.3) is 5.69 Å². The summed E-state index contributed by atoms with van der Waals surface area (Å²) in [7, 11) is -3.96. The Kier molecular flexibility index (Phi) is 5.82. The first kappa shape index (κ1) is 16.3. The van der Waals surface area contributed by atoms with Crippen LogP contribution in [-0.2, 0) is 18.1 Å². The van der Waals surface area contributed by atoms with Gasteiger partial charge in [0, 0.05) is 12.1 Å². The minimum Gasteiger partial charge on any atom is -0.367 e. The number of rotatable bonds is 7. The first-order chi connectivity index (χ1) is 9.41. The first-order valence-corrected chi connectivity index (χ1v) is 7.25. The van der Waals surface area contributed by atoms with Crippen LogP contribution >= 0.6 is 7.82 Å². The zero-order chi connectivity index (χ0) is 15.2. The fraction of sp³-hybridized carbons (Fsp3) is 0.364. The van der Waals surface area contributed by atoms with Crippen LogP contribution in [0.15, 0.2) is 24.3 Å². The van der Waals surface area contributed by atoms with Gasteiger partial charge in [0.15, 0.2) is 0 Å². The van der Waals surface area contributed by atoms with Crippen LogP contribution in [-0.4, -0.2) is 24.1 Å². The molecule has 0 fully saturated rings. The van der Waals surface area contributed by atoms with Crippen LogP contribution < -0.4 is 0 Å². The van der Waals surface area contributed by atoms with Gasteiger partial charge in [0.2, 0.25) is 0 Å². The molecular weight excluding hydrogens is 289 g/mol. The van der Waals surface area contributed by atoms with Gasteiger partial charge in [-0.3, -0.25) is 19.2 Å². The maximum atomic E-state index is 12.0. The molecule has 0 aliphatic heterocycles. The van der Waals surface area contributed by atoms with Crippen molar-refractivity contribution < 1.29 is 27.9 Å². The number of phosphoric ester groups is 1. The van der Waals surface area contributed by atoms with E-state index in [0.717, 1.165) is 12.1 Å². The number of nitro benzene ring substituents is 1. The predicted octanol–water partition coefficient (Wildman–Crippen LogP) is 2.93. The van der Waals surface area contributed by atoms with Gasteiger partial charge in [0.1, 0.15) is 0 Å². The Morgan fingerprint density at radius 1 is 1.20 bits per heavy atom. The van der Waals surface area contributed by atoms with E-state index in [1.165, 1.54) is 12.1 Å². The summed E-state index contributed by atoms with van der Waals surface area (Å²) in [6, 6.07) is 4.68. The van der Waals surface area contributed by atoms with Gasteiger partial charge in [-0.05, 0) is 26.0 Å². The number of hydrogen-bond acceptors (Lipinski definition) is 7. The Morgan fingerprint density at radius 3 is 2.10 bits per heavy atom. The number of phosphoric acid groups is 1. The number of carbonyl (C=O) groups excluding carboxylic acids is 1. The van der Waals surface area contributed by atoms with Crippen molar-refractivity contribution in [3.8, 4) is 0 Å². The molecule has 0 radical (unpaired) electrons. The van der Waals surface area contributed by atoms with E-state index in [-0.39, 0.29) is 24.5 Å². The monoisotopic (exact) mass is 303 g/mol. The Bertz CT molecular complexity index is 518. The van der Waals surface area contributed by atoms with Crippen molar-refractivity contribution in [1.82, 2.24) is 0 Å². The predicted molar refractivity (Wildman–Crippen MR) is 69.4 cm³/mol. The van der Waals surface area contributed by atoms with Gasteiger partial charge in [-0.15, -0.1) is 0 Å². The molecule has 1 rings (SSSR count). The van der Waals surface area contributed by atoms with Crippen molar-refractivity contribution in [2.45, 2.75) is 13.8 Å². The Labute approximate surface area is 115 Å². The molecule has 1 aromatic rings. The van der Waals surface area contributed by atoms with Gasteiger partial charge in [-0.2, -0.15) is 0 Å². The molecule has 8 nitrogen and oxygen atoms in total. The van der Waals surface area contributed by atoms with Crippen LogP contribution in [0.25, 0.3) is 0 Å². The molecule has 1 aromatic carbocycles. The highest BCUT2D eigenvalue weighted by Crippen LogP contribution is 2.49. The van der Waals surface area contributed by atoms with Crippen molar-refractivity contribution in [3.63, 3.8) is 0 Å². The average molecular weight is 303 g/mol. The maximum Gasteiger partial charge on any atom is 0.532 e. The molecule has 0 aliphatic rings. The summed E-state index contributed by atoms with van der Waals surface area (Å²) in [6.45, 7) is 3.24. The Hall–Kier alpha value is -1.76. The van der Waals surface area contributed by atoms with Gasteiger partial charge in [0.05, 0.1) is 23.7 Å². The van der Waals surface area contributed by atoms with Crippen LogP contribution in [0.5, 0.6) is 0 Å². The molecule has 0 N–H and O–H groups in total. The largest absolute Gasteiger partial charge is 0.532 e. The fourth-order valence-electron chi connectivity index (χ4n) is 1.28. The second-order valence-electron chi connectivity index (χ2n) is 3.47. The summed E-state index contributed by atoms with van der Waals surface area (Å²) in [5.74, 6) is -0.940. The van der Waals surface area contributed by atoms with Crippen LogP contribution in [0.1, 0.15) is 24.2 Å². The van der Waals surface area contributed by atoms with Gasteiger partial charge in [-0.25, -0.2) is 9.36 Å². The van der Waals surface area contributed by atoms with Crippen LogP contribution in [0, 0.1) is 10.1 Å². The lowest BCUT2D eigenvalue weighted by molar-refractivity contribution is -0.384. The summed E-state index contributed by atoms with van der Waals surface area (Å²) < 4.78 is 26.3. The third kappa shape index (κ3) is 4.41. The summed E-state index contributed by atoms with van der Waals surface area (Å²) >= 11 is 0. The molecule has 0 heterocycles. The standard InChI is InChI=1S/C11H14NO7P/c1-3-17-20(16,18-4-2)19-11(13)9-5-7-10(8-6-9)12(14)15/h5-8H,3-4H2,1-2H3. The molecule has 0 atom stereocenters. The third-order valence-electron chi connectivity index (χ3n) is 2.08. The smallest absolute Gasteiger partial charge is 0.367 e. The molecule has 0 unspecified atom stereocenters. The lowest BCUT2D eigenvalue weighted by atomic mass is 10.2. The highest BCUT2D eigenvalue weighted by Gasteiger charge is 2.30. The Morgan fingerprint density at radius 2 is 1.70 bits per heavy atom. The number of non-ortho nitro benzene ring substituents is 1. The summed E-state index contributed by atoms with van der Waals surface area (Å²) in [4.78, 5) is 21.7. The van der Waals surface area contributed by atoms with E-state index in [1.54, 1.807) is 13.8 Å². The second-order valence-corrected chi connectivity index (χ2v) is 5.06. The number of carbonyl (C=O) groups is 1. The molecule has 9 heteroatoms. The highest BCUT2D eigenvalue weighted by atomic mass is 31.2. The van der Waals surface area contributed by atoms with E-state index in [9.17, 15) is 19.5 Å². The SMILES string of the molecule is CCOP(=O)(OCC)OC(=O)c1ccc([N+](=O)[O-])cc1. The van der Waals surface area contributed by atoms with E-state index in [0.29, 0.717) is 0 Å². The topological polar surface area (TPSA) is 105 Å². The molecular formula is C11H14NO7P. The van der Waals surface area contributed by atoms with Crippen molar-refractivity contribution in [1.29, 1.82) is 0 Å². The first-order valence-electron chi connectivity index (χ1n) is 5.79. The summed E-state index contributed by atoms with van der Waals surface area (Å²) in [5.41, 5.74) is -0.158. The molecule has 0 bridgehead atoms. The van der Waals surface area contributed by atoms with Crippen molar-refractivity contribution >= 4 is 19.5 Å². The van der Waals surface area contributed by atoms with Gasteiger partial charge < -0.3 is 4.52 Å². The molecule has 0 aromatic heterocycles. The van der Waals surface area contributed by atoms with Gasteiger partial charge >= 0.3 is 13.8 Å². The number of nitro groups is 1. The van der Waals surface area contributed by atoms with Crippen molar-refractivity contribution in [2.24, 2.45) is 0 Å². The number of benzene rings is 1. The van der Waals surface area contributed by atoms with E-state index >= 15 is 0 Å². The maximum absolute atomic E-state index is 12.0. The van der Waals surface area contributed by atoms with E-state index in [4.69, 9.17) is 13.6 Å². The van der Waals surface area contributed by atoms with Crippen LogP contribution in [0.4, 0.5) is 5.69 Å². The van der Waals surface area contributed by atoms with Crippen molar-refractivity contribution in [2.75, 3.05) is 13.2 Å². The minimum atomic E-state index is -3.96. The number of nitrogens with zero attached hydrogens (tertiary/aromatic N) is 1. The van der Waals surface area contributed by atoms with Crippen LogP contribution in [0.3, 0.4) is 0 Å². The van der Waals surface area contributed by atoms with Crippen molar-refractivity contribution in [3.05, 3.63) is 39.9 Å².